The van der Waals surface area contributed by atoms with Crippen molar-refractivity contribution in [2.45, 2.75) is 78.1 Å². The molecule has 0 saturated heterocycles. The molecular weight excluding hydrogens is 468 g/mol. The second-order valence-corrected chi connectivity index (χ2v) is 9.12. The molecule has 0 radical (unpaired) electrons. The topological polar surface area (TPSA) is 107 Å². The van der Waals surface area contributed by atoms with E-state index >= 15 is 0 Å². The van der Waals surface area contributed by atoms with Crippen LogP contribution in [-0.2, 0) is 17.6 Å². The van der Waals surface area contributed by atoms with Crippen LogP contribution in [0.4, 0.5) is 0 Å². The van der Waals surface area contributed by atoms with Gasteiger partial charge < -0.3 is 9.47 Å². The van der Waals surface area contributed by atoms with Crippen molar-refractivity contribution in [3.05, 3.63) is 70.5 Å². The Morgan fingerprint density at radius 1 is 0.838 bits per heavy atom. The number of unbranched alkanes of at least 4 members (excludes halogenated alkanes) is 7. The number of aryl methyl sites for hydroxylation is 2. The number of rotatable bonds is 17. The molecule has 0 aliphatic heterocycles. The van der Waals surface area contributed by atoms with Gasteiger partial charge in [-0.25, -0.2) is 9.89 Å². The minimum atomic E-state index is -0.441. The Balaban J connectivity index is 1.66. The fourth-order valence-electron chi connectivity index (χ4n) is 4.18. The molecule has 8 heteroatoms. The molecule has 0 aliphatic carbocycles. The van der Waals surface area contributed by atoms with Gasteiger partial charge in [0.1, 0.15) is 11.6 Å². The van der Waals surface area contributed by atoms with Gasteiger partial charge in [-0.15, -0.1) is 5.10 Å². The number of hydrogen-bond acceptors (Lipinski definition) is 7. The van der Waals surface area contributed by atoms with Gasteiger partial charge >= 0.3 is 5.97 Å². The summed E-state index contributed by atoms with van der Waals surface area (Å²) in [4.78, 5) is 25.4. The second kappa shape index (κ2) is 15.5. The van der Waals surface area contributed by atoms with E-state index in [1.807, 2.05) is 12.1 Å². The highest BCUT2D eigenvalue weighted by Crippen LogP contribution is 2.24. The first-order valence-corrected chi connectivity index (χ1v) is 13.4. The molecule has 0 bridgehead atoms. The maximum atomic E-state index is 13.3. The number of ether oxygens (including phenoxy) is 2. The largest absolute Gasteiger partial charge is 0.493 e. The van der Waals surface area contributed by atoms with Gasteiger partial charge in [0, 0.05) is 17.5 Å². The van der Waals surface area contributed by atoms with E-state index in [-0.39, 0.29) is 12.4 Å². The van der Waals surface area contributed by atoms with Crippen molar-refractivity contribution in [3.63, 3.8) is 0 Å². The number of esters is 1. The molecule has 0 saturated carbocycles. The highest BCUT2D eigenvalue weighted by atomic mass is 16.5. The molecule has 37 heavy (non-hydrogen) atoms. The van der Waals surface area contributed by atoms with Gasteiger partial charge in [0.15, 0.2) is 5.78 Å². The molecule has 1 N–H and O–H groups in total. The van der Waals surface area contributed by atoms with Crippen LogP contribution in [0.2, 0.25) is 0 Å². The number of carbonyl (C=O) groups excluding carboxylic acids is 2. The summed E-state index contributed by atoms with van der Waals surface area (Å²) in [5, 5.41) is 14.0. The summed E-state index contributed by atoms with van der Waals surface area (Å²) in [6.07, 6.45) is 11.1. The minimum Gasteiger partial charge on any atom is -0.493 e. The van der Waals surface area contributed by atoms with Crippen LogP contribution in [0.3, 0.4) is 0 Å². The number of nitrogens with one attached hydrogen (secondary N) is 1. The van der Waals surface area contributed by atoms with Crippen molar-refractivity contribution in [2.75, 3.05) is 13.2 Å². The fourth-order valence-corrected chi connectivity index (χ4v) is 4.18. The van der Waals surface area contributed by atoms with Crippen molar-refractivity contribution >= 4 is 11.8 Å². The number of nitrogens with zero attached hydrogens (tertiary/aromatic N) is 3. The van der Waals surface area contributed by atoms with Crippen molar-refractivity contribution in [2.24, 2.45) is 0 Å². The van der Waals surface area contributed by atoms with Crippen LogP contribution in [0.25, 0.3) is 0 Å². The number of carbonyl (C=O) groups is 2. The first-order valence-electron chi connectivity index (χ1n) is 13.4. The Bertz CT molecular complexity index is 1110. The molecule has 0 spiro atoms. The molecular formula is C29H38N4O4. The molecule has 0 aliphatic rings. The van der Waals surface area contributed by atoms with Gasteiger partial charge in [-0.1, -0.05) is 64.0 Å². The minimum absolute atomic E-state index is 0.164. The average molecular weight is 507 g/mol. The molecule has 2 aromatic carbocycles. The van der Waals surface area contributed by atoms with E-state index in [0.717, 1.165) is 24.2 Å². The Morgan fingerprint density at radius 2 is 1.57 bits per heavy atom. The van der Waals surface area contributed by atoms with Gasteiger partial charge in [-0.3, -0.25) is 4.79 Å². The molecule has 3 rings (SSSR count). The number of H-pyrrole nitrogens is 1. The Labute approximate surface area is 219 Å². The molecule has 8 nitrogen and oxygen atoms in total. The number of tetrazole rings is 1. The predicted molar refractivity (Wildman–Crippen MR) is 142 cm³/mol. The average Bonchev–Trinajstić information content (AvgIpc) is 3.45. The third kappa shape index (κ3) is 9.12. The van der Waals surface area contributed by atoms with Gasteiger partial charge in [-0.2, -0.15) is 0 Å². The van der Waals surface area contributed by atoms with E-state index in [4.69, 9.17) is 9.47 Å². The monoisotopic (exact) mass is 506 g/mol. The second-order valence-electron chi connectivity index (χ2n) is 9.12. The van der Waals surface area contributed by atoms with Gasteiger partial charge in [0.25, 0.3) is 0 Å². The molecule has 198 valence electrons. The van der Waals surface area contributed by atoms with Gasteiger partial charge in [0.05, 0.1) is 18.8 Å². The quantitative estimate of drug-likeness (QED) is 0.138. The van der Waals surface area contributed by atoms with Gasteiger partial charge in [-0.05, 0) is 66.1 Å². The number of benzene rings is 2. The van der Waals surface area contributed by atoms with Crippen molar-refractivity contribution in [1.29, 1.82) is 0 Å². The molecule has 0 unspecified atom stereocenters. The van der Waals surface area contributed by atoms with E-state index in [2.05, 4.69) is 27.5 Å². The predicted octanol–water partition coefficient (Wildman–Crippen LogP) is 5.91. The molecule has 0 fully saturated rings. The van der Waals surface area contributed by atoms with E-state index in [0.29, 0.717) is 42.0 Å². The maximum Gasteiger partial charge on any atom is 0.338 e. The molecule has 1 heterocycles. The lowest BCUT2D eigenvalue weighted by Crippen LogP contribution is -2.09. The van der Waals surface area contributed by atoms with Crippen LogP contribution in [0.15, 0.2) is 42.5 Å². The number of aromatic amines is 1. The molecule has 3 aromatic rings. The van der Waals surface area contributed by atoms with Crippen LogP contribution < -0.4 is 4.74 Å². The zero-order valence-electron chi connectivity index (χ0n) is 22.0. The summed E-state index contributed by atoms with van der Waals surface area (Å²) in [5.74, 6) is 0.840. The highest BCUT2D eigenvalue weighted by Gasteiger charge is 2.16. The normalized spacial score (nSPS) is 10.9. The number of hydrogen-bond donors (Lipinski definition) is 1. The summed E-state index contributed by atoms with van der Waals surface area (Å²) < 4.78 is 11.2. The zero-order chi connectivity index (χ0) is 26.3. The Hall–Kier alpha value is -3.55. The third-order valence-electron chi connectivity index (χ3n) is 6.23. The van der Waals surface area contributed by atoms with Gasteiger partial charge in [0.2, 0.25) is 0 Å². The Morgan fingerprint density at radius 3 is 2.30 bits per heavy atom. The smallest absolute Gasteiger partial charge is 0.338 e. The standard InChI is InChI=1S/C29H38N4O4/c1-3-5-6-7-8-9-10-11-19-37-26-17-15-24(20-22(26)16-18-27-30-32-33-31-27)28(34)23-13-12-14-25(21-23)29(35)36-4-2/h12-15,17,20-21H,3-11,16,18-19H2,1-2H3,(H,30,31,32,33). The molecule has 0 amide bonds. The summed E-state index contributed by atoms with van der Waals surface area (Å²) in [6.45, 7) is 4.91. The number of ketones is 1. The molecule has 0 atom stereocenters. The Kier molecular flexibility index (Phi) is 11.8. The van der Waals surface area contributed by atoms with Crippen molar-refractivity contribution < 1.29 is 19.1 Å². The van der Waals surface area contributed by atoms with E-state index < -0.39 is 5.97 Å². The van der Waals surface area contributed by atoms with Crippen LogP contribution >= 0.6 is 0 Å². The lowest BCUT2D eigenvalue weighted by Gasteiger charge is -2.13. The maximum absolute atomic E-state index is 13.3. The SMILES string of the molecule is CCCCCCCCCCOc1ccc(C(=O)c2cccc(C(=O)OCC)c2)cc1CCc1nnn[nH]1. The van der Waals surface area contributed by atoms with E-state index in [1.165, 1.54) is 38.5 Å². The van der Waals surface area contributed by atoms with Crippen molar-refractivity contribution in [1.82, 2.24) is 20.6 Å². The molecule has 1 aromatic heterocycles. The summed E-state index contributed by atoms with van der Waals surface area (Å²) >= 11 is 0. The van der Waals surface area contributed by atoms with Crippen LogP contribution in [0, 0.1) is 0 Å². The first kappa shape index (κ1) is 28.0. The summed E-state index contributed by atoms with van der Waals surface area (Å²) in [5.41, 5.74) is 2.24. The van der Waals surface area contributed by atoms with Crippen LogP contribution in [0.1, 0.15) is 103 Å². The summed E-state index contributed by atoms with van der Waals surface area (Å²) in [6, 6.07) is 12.1. The van der Waals surface area contributed by atoms with Crippen molar-refractivity contribution in [3.8, 4) is 5.75 Å². The van der Waals surface area contributed by atoms with Crippen LogP contribution in [0.5, 0.6) is 5.75 Å². The van der Waals surface area contributed by atoms with E-state index in [9.17, 15) is 9.59 Å². The first-order chi connectivity index (χ1) is 18.1. The summed E-state index contributed by atoms with van der Waals surface area (Å²) in [7, 11) is 0. The lowest BCUT2D eigenvalue weighted by atomic mass is 9.97. The third-order valence-corrected chi connectivity index (χ3v) is 6.23. The lowest BCUT2D eigenvalue weighted by molar-refractivity contribution is 0.0526. The van der Waals surface area contributed by atoms with E-state index in [1.54, 1.807) is 37.3 Å². The zero-order valence-corrected chi connectivity index (χ0v) is 22.0. The van der Waals surface area contributed by atoms with Crippen LogP contribution in [-0.4, -0.2) is 45.6 Å². The highest BCUT2D eigenvalue weighted by molar-refractivity contribution is 6.10. The fraction of sp³-hybridized carbons (Fsp3) is 0.483. The number of aromatic nitrogens is 4.